The van der Waals surface area contributed by atoms with Crippen LogP contribution in [-0.4, -0.2) is 59.0 Å². The molecular weight excluding hydrogens is 400 g/mol. The Morgan fingerprint density at radius 1 is 1.20 bits per heavy atom. The second-order valence-corrected chi connectivity index (χ2v) is 10.7. The molecule has 158 valence electrons. The first-order valence-corrected chi connectivity index (χ1v) is 12.3. The largest absolute Gasteiger partial charge is 0.363 e. The monoisotopic (exact) mass is 426 g/mol. The summed E-state index contributed by atoms with van der Waals surface area (Å²) in [5.74, 6) is 0.879. The second kappa shape index (κ2) is 7.23. The van der Waals surface area contributed by atoms with Gasteiger partial charge in [-0.1, -0.05) is 0 Å². The Morgan fingerprint density at radius 2 is 2.07 bits per heavy atom. The molecule has 9 heteroatoms. The van der Waals surface area contributed by atoms with Gasteiger partial charge in [0, 0.05) is 67.4 Å². The van der Waals surface area contributed by atoms with Gasteiger partial charge in [0.15, 0.2) is 9.84 Å². The number of aromatic nitrogens is 4. The van der Waals surface area contributed by atoms with Gasteiger partial charge >= 0.3 is 0 Å². The average Bonchev–Trinajstić information content (AvgIpc) is 3.21. The van der Waals surface area contributed by atoms with Crippen LogP contribution in [0.2, 0.25) is 0 Å². The summed E-state index contributed by atoms with van der Waals surface area (Å²) >= 11 is 0. The van der Waals surface area contributed by atoms with Gasteiger partial charge in [-0.3, -0.25) is 0 Å². The molecular formula is C21H26N6O2S. The van der Waals surface area contributed by atoms with E-state index in [0.29, 0.717) is 19.5 Å². The summed E-state index contributed by atoms with van der Waals surface area (Å²) in [4.78, 5) is 21.3. The van der Waals surface area contributed by atoms with Crippen molar-refractivity contribution >= 4 is 32.4 Å². The van der Waals surface area contributed by atoms with Crippen molar-refractivity contribution in [3.8, 4) is 0 Å². The zero-order valence-corrected chi connectivity index (χ0v) is 18.1. The van der Waals surface area contributed by atoms with Crippen LogP contribution in [0.15, 0.2) is 30.9 Å². The summed E-state index contributed by atoms with van der Waals surface area (Å²) in [6.07, 6.45) is 9.10. The van der Waals surface area contributed by atoms with E-state index in [4.69, 9.17) is 0 Å². The number of hydrogen-bond donors (Lipinski definition) is 1. The minimum atomic E-state index is -3.07. The van der Waals surface area contributed by atoms with Crippen LogP contribution in [0, 0.1) is 0 Å². The lowest BCUT2D eigenvalue weighted by Gasteiger charge is -2.39. The summed E-state index contributed by atoms with van der Waals surface area (Å²) in [5.41, 5.74) is 4.18. The van der Waals surface area contributed by atoms with Crippen molar-refractivity contribution in [1.29, 1.82) is 0 Å². The molecule has 0 amide bonds. The summed E-state index contributed by atoms with van der Waals surface area (Å²) < 4.78 is 24.3. The van der Waals surface area contributed by atoms with Crippen LogP contribution in [0.4, 0.5) is 11.5 Å². The molecule has 3 aromatic heterocycles. The van der Waals surface area contributed by atoms with E-state index in [9.17, 15) is 8.42 Å². The van der Waals surface area contributed by atoms with E-state index in [1.165, 1.54) is 6.26 Å². The van der Waals surface area contributed by atoms with E-state index in [1.54, 1.807) is 6.33 Å². The van der Waals surface area contributed by atoms with Crippen LogP contribution in [0.25, 0.3) is 11.0 Å². The Hall–Kier alpha value is -2.68. The first-order chi connectivity index (χ1) is 14.4. The Bertz CT molecular complexity index is 1190. The molecule has 2 atom stereocenters. The van der Waals surface area contributed by atoms with Crippen LogP contribution in [-0.2, 0) is 22.8 Å². The lowest BCUT2D eigenvalue weighted by Crippen LogP contribution is -2.44. The van der Waals surface area contributed by atoms with Gasteiger partial charge in [0.05, 0.1) is 10.9 Å². The van der Waals surface area contributed by atoms with E-state index >= 15 is 0 Å². The third kappa shape index (κ3) is 3.30. The summed E-state index contributed by atoms with van der Waals surface area (Å²) in [6, 6.07) is 4.40. The predicted octanol–water partition coefficient (Wildman–Crippen LogP) is 2.32. The number of piperidine rings is 1. The first kappa shape index (κ1) is 19.3. The fourth-order valence-corrected chi connectivity index (χ4v) is 5.81. The van der Waals surface area contributed by atoms with Crippen molar-refractivity contribution in [3.05, 3.63) is 42.1 Å². The topological polar surface area (TPSA) is 95.1 Å². The van der Waals surface area contributed by atoms with Crippen molar-refractivity contribution in [2.45, 2.75) is 44.0 Å². The van der Waals surface area contributed by atoms with Crippen molar-refractivity contribution in [2.75, 3.05) is 29.1 Å². The Labute approximate surface area is 176 Å². The van der Waals surface area contributed by atoms with Crippen LogP contribution in [0.3, 0.4) is 0 Å². The van der Waals surface area contributed by atoms with E-state index in [1.807, 2.05) is 12.4 Å². The summed E-state index contributed by atoms with van der Waals surface area (Å²) in [6.45, 7) is 4.22. The minimum Gasteiger partial charge on any atom is -0.363 e. The molecule has 0 saturated carbocycles. The van der Waals surface area contributed by atoms with Gasteiger partial charge in [-0.2, -0.15) is 0 Å². The lowest BCUT2D eigenvalue weighted by atomic mass is 9.98. The Kier molecular flexibility index (Phi) is 4.65. The zero-order valence-electron chi connectivity index (χ0n) is 17.2. The van der Waals surface area contributed by atoms with Crippen molar-refractivity contribution in [3.63, 3.8) is 0 Å². The molecule has 0 unspecified atom stereocenters. The molecule has 1 fully saturated rings. The molecule has 0 aliphatic carbocycles. The number of sulfone groups is 1. The van der Waals surface area contributed by atoms with Crippen LogP contribution in [0.1, 0.15) is 31.0 Å². The third-order valence-electron chi connectivity index (χ3n) is 6.39. The van der Waals surface area contributed by atoms with Gasteiger partial charge < -0.3 is 14.8 Å². The molecule has 30 heavy (non-hydrogen) atoms. The molecule has 1 saturated heterocycles. The van der Waals surface area contributed by atoms with E-state index < -0.39 is 9.84 Å². The maximum absolute atomic E-state index is 12.2. The third-order valence-corrected chi connectivity index (χ3v) is 7.99. The molecule has 5 rings (SSSR count). The molecule has 8 nitrogen and oxygen atoms in total. The van der Waals surface area contributed by atoms with Gasteiger partial charge in [-0.15, -0.1) is 0 Å². The first-order valence-electron chi connectivity index (χ1n) is 10.4. The van der Waals surface area contributed by atoms with Crippen molar-refractivity contribution in [2.24, 2.45) is 0 Å². The van der Waals surface area contributed by atoms with Crippen molar-refractivity contribution in [1.82, 2.24) is 19.9 Å². The van der Waals surface area contributed by atoms with Crippen molar-refractivity contribution < 1.29 is 8.42 Å². The number of rotatable bonds is 3. The fourth-order valence-electron chi connectivity index (χ4n) is 4.76. The molecule has 1 N–H and O–H groups in total. The number of nitrogens with one attached hydrogen (secondary N) is 1. The standard InChI is InChI=1S/C21H26N6O2S/c1-14-10-18-17(12-27(14)19-6-8-23-20-16(19)5-7-22-20)21(25-13-24-18)26-9-3-4-15(11-26)30(2,28)29/h5-8,13-15H,3-4,9-12H2,1-2H3,(H,22,23)/t14-,15+/m1/s1. The highest BCUT2D eigenvalue weighted by atomic mass is 32.2. The highest BCUT2D eigenvalue weighted by Crippen LogP contribution is 2.35. The maximum atomic E-state index is 12.2. The number of anilines is 2. The van der Waals surface area contributed by atoms with Crippen LogP contribution >= 0.6 is 0 Å². The van der Waals surface area contributed by atoms with Crippen LogP contribution in [0.5, 0.6) is 0 Å². The highest BCUT2D eigenvalue weighted by molar-refractivity contribution is 7.91. The molecule has 0 spiro atoms. The molecule has 5 heterocycles. The molecule has 0 radical (unpaired) electrons. The predicted molar refractivity (Wildman–Crippen MR) is 118 cm³/mol. The SMILES string of the molecule is C[C@@H]1Cc2ncnc(N3CCC[C@H](S(C)(=O)=O)C3)c2CN1c1ccnc2[nH]ccc12. The van der Waals surface area contributed by atoms with Gasteiger partial charge in [0.25, 0.3) is 0 Å². The highest BCUT2D eigenvalue weighted by Gasteiger charge is 2.33. The number of fused-ring (bicyclic) bond motifs is 2. The zero-order chi connectivity index (χ0) is 20.9. The summed E-state index contributed by atoms with van der Waals surface area (Å²) in [7, 11) is -3.07. The maximum Gasteiger partial charge on any atom is 0.152 e. The molecule has 0 bridgehead atoms. The lowest BCUT2D eigenvalue weighted by molar-refractivity contribution is 0.528. The smallest absolute Gasteiger partial charge is 0.152 e. The van der Waals surface area contributed by atoms with Crippen LogP contribution < -0.4 is 9.80 Å². The Balaban J connectivity index is 1.52. The quantitative estimate of drug-likeness (QED) is 0.687. The number of hydrogen-bond acceptors (Lipinski definition) is 7. The Morgan fingerprint density at radius 3 is 2.90 bits per heavy atom. The number of pyridine rings is 1. The fraction of sp³-hybridized carbons (Fsp3) is 0.476. The minimum absolute atomic E-state index is 0.283. The van der Waals surface area contributed by atoms with E-state index in [0.717, 1.165) is 53.2 Å². The van der Waals surface area contributed by atoms with Gasteiger partial charge in [-0.25, -0.2) is 23.4 Å². The summed E-state index contributed by atoms with van der Waals surface area (Å²) in [5, 5.41) is 0.761. The molecule has 2 aliphatic rings. The van der Waals surface area contributed by atoms with Gasteiger partial charge in [0.1, 0.15) is 17.8 Å². The molecule has 0 aromatic carbocycles. The molecule has 3 aromatic rings. The van der Waals surface area contributed by atoms with Gasteiger partial charge in [-0.05, 0) is 31.9 Å². The number of aromatic amines is 1. The molecule has 2 aliphatic heterocycles. The number of nitrogens with zero attached hydrogens (tertiary/aromatic N) is 5. The average molecular weight is 427 g/mol. The second-order valence-electron chi connectivity index (χ2n) is 8.41. The van der Waals surface area contributed by atoms with Gasteiger partial charge in [0.2, 0.25) is 0 Å². The normalized spacial score (nSPS) is 22.3. The van der Waals surface area contributed by atoms with E-state index in [-0.39, 0.29) is 11.3 Å². The number of H-pyrrole nitrogens is 1. The van der Waals surface area contributed by atoms with E-state index in [2.05, 4.69) is 48.8 Å².